The van der Waals surface area contributed by atoms with Gasteiger partial charge >= 0.3 is 6.09 Å². The van der Waals surface area contributed by atoms with Crippen molar-refractivity contribution in [3.63, 3.8) is 0 Å². The molecule has 0 N–H and O–H groups in total. The van der Waals surface area contributed by atoms with Crippen LogP contribution in [0.2, 0.25) is 5.02 Å². The lowest BCUT2D eigenvalue weighted by Gasteiger charge is -2.30. The van der Waals surface area contributed by atoms with Crippen LogP contribution < -0.4 is 0 Å². The molecule has 1 aromatic carbocycles. The van der Waals surface area contributed by atoms with E-state index in [1.54, 1.807) is 4.90 Å². The van der Waals surface area contributed by atoms with Crippen molar-refractivity contribution in [1.82, 2.24) is 4.90 Å². The van der Waals surface area contributed by atoms with Crippen molar-refractivity contribution < 1.29 is 14.3 Å². The van der Waals surface area contributed by atoms with Crippen molar-refractivity contribution in [1.29, 1.82) is 0 Å². The van der Waals surface area contributed by atoms with E-state index in [1.807, 2.05) is 45.0 Å². The molecule has 0 aliphatic carbocycles. The molecule has 0 aromatic heterocycles. The van der Waals surface area contributed by atoms with E-state index in [4.69, 9.17) is 21.1 Å². The van der Waals surface area contributed by atoms with Gasteiger partial charge in [0.15, 0.2) is 0 Å². The number of halogens is 1. The second kappa shape index (κ2) is 5.43. The van der Waals surface area contributed by atoms with Crippen LogP contribution in [0.1, 0.15) is 32.8 Å². The van der Waals surface area contributed by atoms with Crippen molar-refractivity contribution in [3.05, 3.63) is 34.9 Å². The fourth-order valence-electron chi connectivity index (χ4n) is 2.97. The highest BCUT2D eigenvalue weighted by Crippen LogP contribution is 2.46. The molecule has 0 spiro atoms. The van der Waals surface area contributed by atoms with Crippen molar-refractivity contribution in [3.8, 4) is 0 Å². The first-order valence-corrected chi connectivity index (χ1v) is 8.05. The number of benzene rings is 1. The summed E-state index contributed by atoms with van der Waals surface area (Å²) in [6.45, 7) is 6.94. The predicted octanol–water partition coefficient (Wildman–Crippen LogP) is 3.66. The average Bonchev–Trinajstić information content (AvgIpc) is 3.12. The first kappa shape index (κ1) is 15.6. The smallest absolute Gasteiger partial charge is 0.410 e. The molecular weight excluding hydrogens is 302 g/mol. The molecule has 2 aliphatic rings. The number of rotatable bonds is 2. The lowest BCUT2D eigenvalue weighted by Crippen LogP contribution is -2.45. The number of carbonyl (C=O) groups excluding carboxylic acids is 1. The lowest BCUT2D eigenvalue weighted by atomic mass is 9.90. The van der Waals surface area contributed by atoms with Gasteiger partial charge in [0, 0.05) is 18.0 Å². The zero-order valence-electron chi connectivity index (χ0n) is 13.3. The van der Waals surface area contributed by atoms with Crippen LogP contribution in [0.5, 0.6) is 0 Å². The Kier molecular flexibility index (Phi) is 3.86. The standard InChI is InChI=1S/C17H22ClNO3/c1-16(2,3)22-15(20)19-9-8-17(14(11-19)21-17)10-12-4-6-13(18)7-5-12/h4-7,14H,8-11H2,1-3H3. The number of nitrogens with zero attached hydrogens (tertiary/aromatic N) is 1. The molecule has 5 heteroatoms. The summed E-state index contributed by atoms with van der Waals surface area (Å²) in [5.41, 5.74) is 0.656. The minimum Gasteiger partial charge on any atom is -0.444 e. The topological polar surface area (TPSA) is 42.1 Å². The van der Waals surface area contributed by atoms with Gasteiger partial charge in [-0.15, -0.1) is 0 Å². The Balaban J connectivity index is 1.57. The van der Waals surface area contributed by atoms with Gasteiger partial charge in [-0.25, -0.2) is 4.79 Å². The molecule has 0 bridgehead atoms. The third kappa shape index (κ3) is 3.39. The second-order valence-electron chi connectivity index (χ2n) is 7.15. The number of carbonyl (C=O) groups is 1. The Morgan fingerprint density at radius 3 is 2.68 bits per heavy atom. The van der Waals surface area contributed by atoms with Crippen molar-refractivity contribution in [2.24, 2.45) is 0 Å². The Morgan fingerprint density at radius 2 is 2.09 bits per heavy atom. The van der Waals surface area contributed by atoms with Crippen LogP contribution in [-0.4, -0.2) is 41.4 Å². The van der Waals surface area contributed by atoms with Crippen molar-refractivity contribution in [2.45, 2.75) is 50.9 Å². The molecule has 2 aliphatic heterocycles. The molecular formula is C17H22ClNO3. The van der Waals surface area contributed by atoms with Crippen molar-refractivity contribution in [2.75, 3.05) is 13.1 Å². The van der Waals surface area contributed by atoms with Crippen LogP contribution in [0.4, 0.5) is 4.79 Å². The van der Waals surface area contributed by atoms with Crippen LogP contribution in [0.3, 0.4) is 0 Å². The van der Waals surface area contributed by atoms with Gasteiger partial charge < -0.3 is 14.4 Å². The van der Waals surface area contributed by atoms with Gasteiger partial charge in [-0.05, 0) is 44.9 Å². The molecule has 1 amide bonds. The minimum atomic E-state index is -0.459. The van der Waals surface area contributed by atoms with E-state index in [-0.39, 0.29) is 17.8 Å². The van der Waals surface area contributed by atoms with E-state index >= 15 is 0 Å². The van der Waals surface area contributed by atoms with Gasteiger partial charge in [0.25, 0.3) is 0 Å². The largest absolute Gasteiger partial charge is 0.444 e. The fraction of sp³-hybridized carbons (Fsp3) is 0.588. The number of likely N-dealkylation sites (tertiary alicyclic amines) is 1. The SMILES string of the molecule is CC(C)(C)OC(=O)N1CCC2(Cc3ccc(Cl)cc3)OC2C1. The third-order valence-electron chi connectivity index (χ3n) is 4.17. The van der Waals surface area contributed by atoms with Gasteiger partial charge in [0.05, 0.1) is 6.54 Å². The first-order chi connectivity index (χ1) is 10.3. The molecule has 22 heavy (non-hydrogen) atoms. The third-order valence-corrected chi connectivity index (χ3v) is 4.42. The summed E-state index contributed by atoms with van der Waals surface area (Å²) in [4.78, 5) is 13.9. The number of ether oxygens (including phenoxy) is 2. The Labute approximate surface area is 136 Å². The Hall–Kier alpha value is -1.26. The first-order valence-electron chi connectivity index (χ1n) is 7.68. The normalized spacial score (nSPS) is 27.3. The summed E-state index contributed by atoms with van der Waals surface area (Å²) >= 11 is 5.92. The molecule has 120 valence electrons. The van der Waals surface area contributed by atoms with Crippen LogP contribution >= 0.6 is 11.6 Å². The molecule has 2 unspecified atom stereocenters. The number of hydrogen-bond donors (Lipinski definition) is 0. The van der Waals surface area contributed by atoms with E-state index in [0.29, 0.717) is 13.1 Å². The van der Waals surface area contributed by atoms with Crippen LogP contribution in [0.15, 0.2) is 24.3 Å². The fourth-order valence-corrected chi connectivity index (χ4v) is 3.10. The zero-order valence-corrected chi connectivity index (χ0v) is 14.0. The van der Waals surface area contributed by atoms with Crippen LogP contribution in [-0.2, 0) is 15.9 Å². The maximum atomic E-state index is 12.1. The predicted molar refractivity (Wildman–Crippen MR) is 85.2 cm³/mol. The number of fused-ring (bicyclic) bond motifs is 1. The summed E-state index contributed by atoms with van der Waals surface area (Å²) in [5, 5.41) is 0.745. The zero-order chi connectivity index (χ0) is 16.0. The van der Waals surface area contributed by atoms with Gasteiger partial charge in [-0.3, -0.25) is 0 Å². The van der Waals surface area contributed by atoms with E-state index < -0.39 is 5.60 Å². The van der Waals surface area contributed by atoms with Gasteiger partial charge in [-0.1, -0.05) is 23.7 Å². The molecule has 2 saturated heterocycles. The number of amides is 1. The quantitative estimate of drug-likeness (QED) is 0.780. The number of piperidine rings is 1. The van der Waals surface area contributed by atoms with Crippen molar-refractivity contribution >= 4 is 17.7 Å². The summed E-state index contributed by atoms with van der Waals surface area (Å²) in [6, 6.07) is 7.88. The minimum absolute atomic E-state index is 0.105. The highest BCUT2D eigenvalue weighted by Gasteiger charge is 2.59. The van der Waals surface area contributed by atoms with E-state index in [9.17, 15) is 4.79 Å². The van der Waals surface area contributed by atoms with Crippen LogP contribution in [0.25, 0.3) is 0 Å². The van der Waals surface area contributed by atoms with Gasteiger partial charge in [-0.2, -0.15) is 0 Å². The van der Waals surface area contributed by atoms with E-state index in [2.05, 4.69) is 0 Å². The van der Waals surface area contributed by atoms with Crippen LogP contribution in [0, 0.1) is 0 Å². The maximum absolute atomic E-state index is 12.1. The lowest BCUT2D eigenvalue weighted by molar-refractivity contribution is 0.0218. The molecule has 0 radical (unpaired) electrons. The Morgan fingerprint density at radius 1 is 1.41 bits per heavy atom. The monoisotopic (exact) mass is 323 g/mol. The average molecular weight is 324 g/mol. The summed E-state index contributed by atoms with van der Waals surface area (Å²) in [7, 11) is 0. The van der Waals surface area contributed by atoms with E-state index in [0.717, 1.165) is 17.9 Å². The summed E-state index contributed by atoms with van der Waals surface area (Å²) in [5.74, 6) is 0. The molecule has 2 fully saturated rings. The second-order valence-corrected chi connectivity index (χ2v) is 7.59. The molecule has 3 rings (SSSR count). The highest BCUT2D eigenvalue weighted by molar-refractivity contribution is 6.30. The highest BCUT2D eigenvalue weighted by atomic mass is 35.5. The summed E-state index contributed by atoms with van der Waals surface area (Å²) < 4.78 is 11.4. The molecule has 1 aromatic rings. The molecule has 4 nitrogen and oxygen atoms in total. The van der Waals surface area contributed by atoms with Gasteiger partial charge in [0.2, 0.25) is 0 Å². The molecule has 0 saturated carbocycles. The number of epoxide rings is 1. The summed E-state index contributed by atoms with van der Waals surface area (Å²) in [6.07, 6.45) is 1.59. The van der Waals surface area contributed by atoms with Gasteiger partial charge in [0.1, 0.15) is 17.3 Å². The number of hydrogen-bond acceptors (Lipinski definition) is 3. The maximum Gasteiger partial charge on any atom is 0.410 e. The molecule has 2 heterocycles. The molecule has 2 atom stereocenters. The van der Waals surface area contributed by atoms with E-state index in [1.165, 1.54) is 5.56 Å². The Bertz CT molecular complexity index is 566.